The summed E-state index contributed by atoms with van der Waals surface area (Å²) in [5, 5.41) is 0. The molecule has 2 heterocycles. The Balaban J connectivity index is 1.38. The molecule has 0 saturated heterocycles. The van der Waals surface area contributed by atoms with E-state index in [1.165, 1.54) is 84.5 Å². The average Bonchev–Trinajstić information content (AvgIpc) is 3.41. The van der Waals surface area contributed by atoms with E-state index in [0.29, 0.717) is 0 Å². The molecule has 41 heavy (non-hydrogen) atoms. The van der Waals surface area contributed by atoms with Gasteiger partial charge in [0.2, 0.25) is 0 Å². The van der Waals surface area contributed by atoms with Crippen LogP contribution in [0.25, 0.3) is 0 Å². The van der Waals surface area contributed by atoms with Gasteiger partial charge >= 0.3 is 0 Å². The van der Waals surface area contributed by atoms with Crippen LogP contribution >= 0.6 is 0 Å². The van der Waals surface area contributed by atoms with Gasteiger partial charge < -0.3 is 19.6 Å². The van der Waals surface area contributed by atoms with Gasteiger partial charge in [-0.1, -0.05) is 47.5 Å². The highest BCUT2D eigenvalue weighted by Gasteiger charge is 2.32. The SMILES string of the molecule is CC1=C(C)N(c2c(C)cc(C)cc2C)CN1c1cc(C)cc(N2CN(c3c(C)cc(C)cc3C)c3ccccc32)c1. The summed E-state index contributed by atoms with van der Waals surface area (Å²) >= 11 is 0. The molecule has 0 atom stereocenters. The molecule has 210 valence electrons. The Morgan fingerprint density at radius 1 is 0.415 bits per heavy atom. The van der Waals surface area contributed by atoms with Gasteiger partial charge in [-0.15, -0.1) is 0 Å². The summed E-state index contributed by atoms with van der Waals surface area (Å²) in [5.74, 6) is 0. The molecule has 0 N–H and O–H groups in total. The van der Waals surface area contributed by atoms with E-state index in [1.807, 2.05) is 0 Å². The van der Waals surface area contributed by atoms with Crippen LogP contribution in [-0.2, 0) is 0 Å². The average molecular weight is 543 g/mol. The number of hydrogen-bond acceptors (Lipinski definition) is 4. The molecule has 0 aliphatic carbocycles. The van der Waals surface area contributed by atoms with Crippen LogP contribution in [-0.4, -0.2) is 13.3 Å². The van der Waals surface area contributed by atoms with Crippen LogP contribution in [0.3, 0.4) is 0 Å². The van der Waals surface area contributed by atoms with Gasteiger partial charge in [-0.3, -0.25) is 0 Å². The Labute approximate surface area is 246 Å². The molecule has 0 bridgehead atoms. The lowest BCUT2D eigenvalue weighted by atomic mass is 10.0. The maximum atomic E-state index is 2.48. The summed E-state index contributed by atoms with van der Waals surface area (Å²) in [6.45, 7) is 21.6. The maximum Gasteiger partial charge on any atom is 0.100 e. The second-order valence-corrected chi connectivity index (χ2v) is 12.2. The van der Waals surface area contributed by atoms with Crippen LogP contribution in [0.1, 0.15) is 52.8 Å². The lowest BCUT2D eigenvalue weighted by Crippen LogP contribution is -2.29. The van der Waals surface area contributed by atoms with E-state index in [1.54, 1.807) is 0 Å². The van der Waals surface area contributed by atoms with E-state index in [2.05, 4.69) is 149 Å². The highest BCUT2D eigenvalue weighted by molar-refractivity contribution is 5.89. The highest BCUT2D eigenvalue weighted by atomic mass is 15.4. The first kappa shape index (κ1) is 27.0. The molecular weight excluding hydrogens is 500 g/mol. The smallest absolute Gasteiger partial charge is 0.100 e. The van der Waals surface area contributed by atoms with Gasteiger partial charge in [0.25, 0.3) is 0 Å². The number of nitrogens with zero attached hydrogens (tertiary/aromatic N) is 4. The quantitative estimate of drug-likeness (QED) is 0.254. The van der Waals surface area contributed by atoms with Crippen LogP contribution in [0.4, 0.5) is 34.1 Å². The lowest BCUT2D eigenvalue weighted by molar-refractivity contribution is 0.925. The first-order valence-electron chi connectivity index (χ1n) is 14.7. The zero-order valence-corrected chi connectivity index (χ0v) is 26.1. The van der Waals surface area contributed by atoms with Crippen LogP contribution in [0.15, 0.2) is 78.1 Å². The van der Waals surface area contributed by atoms with Crippen molar-refractivity contribution in [2.45, 2.75) is 62.3 Å². The molecule has 0 amide bonds. The van der Waals surface area contributed by atoms with Crippen molar-refractivity contribution in [3.63, 3.8) is 0 Å². The van der Waals surface area contributed by atoms with E-state index in [4.69, 9.17) is 0 Å². The fraction of sp³-hybridized carbons (Fsp3) is 0.297. The predicted molar refractivity (Wildman–Crippen MR) is 176 cm³/mol. The van der Waals surface area contributed by atoms with E-state index >= 15 is 0 Å². The summed E-state index contributed by atoms with van der Waals surface area (Å²) in [4.78, 5) is 9.91. The van der Waals surface area contributed by atoms with Crippen molar-refractivity contribution in [3.05, 3.63) is 117 Å². The maximum absolute atomic E-state index is 2.48. The Morgan fingerprint density at radius 3 is 1.34 bits per heavy atom. The van der Waals surface area contributed by atoms with Gasteiger partial charge in [0.05, 0.1) is 18.0 Å². The van der Waals surface area contributed by atoms with Gasteiger partial charge in [-0.05, 0) is 120 Å². The molecule has 0 radical (unpaired) electrons. The monoisotopic (exact) mass is 542 g/mol. The molecule has 2 aliphatic heterocycles. The van der Waals surface area contributed by atoms with Crippen LogP contribution < -0.4 is 19.6 Å². The Hall–Kier alpha value is -4.18. The number of aryl methyl sites for hydroxylation is 7. The van der Waals surface area contributed by atoms with E-state index in [9.17, 15) is 0 Å². The van der Waals surface area contributed by atoms with Gasteiger partial charge in [0, 0.05) is 34.1 Å². The first-order chi connectivity index (χ1) is 19.5. The standard InChI is InChI=1S/C37H42N4/c1-23-14-26(4)36(27(5)15-23)39-21-38(30(8)31(39)9)32-18-25(3)19-33(20-32)40-22-41(35-13-11-10-12-34(35)40)37-28(6)16-24(2)17-29(37)7/h10-20H,21-22H2,1-9H3. The van der Waals surface area contributed by atoms with E-state index < -0.39 is 0 Å². The van der Waals surface area contributed by atoms with Crippen LogP contribution in [0, 0.1) is 48.5 Å². The first-order valence-corrected chi connectivity index (χ1v) is 14.7. The molecule has 0 spiro atoms. The summed E-state index contributed by atoms with van der Waals surface area (Å²) in [7, 11) is 0. The Kier molecular flexibility index (Phi) is 6.60. The second-order valence-electron chi connectivity index (χ2n) is 12.2. The summed E-state index contributed by atoms with van der Waals surface area (Å²) in [5.41, 5.74) is 19.4. The second kappa shape index (κ2) is 10.0. The fourth-order valence-electron chi connectivity index (χ4n) is 7.14. The van der Waals surface area contributed by atoms with Crippen LogP contribution in [0.5, 0.6) is 0 Å². The molecular formula is C37H42N4. The van der Waals surface area contributed by atoms with Crippen molar-refractivity contribution < 1.29 is 0 Å². The minimum absolute atomic E-state index is 0.786. The minimum Gasteiger partial charge on any atom is -0.325 e. The third-order valence-electron chi connectivity index (χ3n) is 8.84. The summed E-state index contributed by atoms with van der Waals surface area (Å²) in [6.07, 6.45) is 0. The molecule has 4 aromatic carbocycles. The zero-order chi connectivity index (χ0) is 29.2. The minimum atomic E-state index is 0.786. The molecule has 0 fully saturated rings. The number of allylic oxidation sites excluding steroid dienone is 2. The number of rotatable bonds is 4. The fourth-order valence-corrected chi connectivity index (χ4v) is 7.14. The molecule has 4 aromatic rings. The predicted octanol–water partition coefficient (Wildman–Crippen LogP) is 9.63. The molecule has 0 aromatic heterocycles. The molecule has 0 unspecified atom stereocenters. The van der Waals surface area contributed by atoms with Crippen molar-refractivity contribution >= 4 is 34.1 Å². The number of benzene rings is 4. The topological polar surface area (TPSA) is 13.0 Å². The van der Waals surface area contributed by atoms with Crippen molar-refractivity contribution in [2.75, 3.05) is 32.9 Å². The van der Waals surface area contributed by atoms with Crippen molar-refractivity contribution in [1.82, 2.24) is 0 Å². The molecule has 6 rings (SSSR count). The number of anilines is 6. The Bertz CT molecular complexity index is 1670. The van der Waals surface area contributed by atoms with Gasteiger partial charge in [0.15, 0.2) is 0 Å². The third kappa shape index (κ3) is 4.56. The summed E-state index contributed by atoms with van der Waals surface area (Å²) in [6, 6.07) is 25.0. The van der Waals surface area contributed by atoms with Crippen molar-refractivity contribution in [1.29, 1.82) is 0 Å². The lowest BCUT2D eigenvalue weighted by Gasteiger charge is -2.28. The number of fused-ring (bicyclic) bond motifs is 1. The van der Waals surface area contributed by atoms with Crippen molar-refractivity contribution in [3.8, 4) is 0 Å². The molecule has 4 heteroatoms. The molecule has 0 saturated carbocycles. The third-order valence-corrected chi connectivity index (χ3v) is 8.84. The number of hydrogen-bond donors (Lipinski definition) is 0. The van der Waals surface area contributed by atoms with Gasteiger partial charge in [-0.25, -0.2) is 0 Å². The summed E-state index contributed by atoms with van der Waals surface area (Å²) < 4.78 is 0. The van der Waals surface area contributed by atoms with Crippen molar-refractivity contribution in [2.24, 2.45) is 0 Å². The largest absolute Gasteiger partial charge is 0.325 e. The van der Waals surface area contributed by atoms with Gasteiger partial charge in [0.1, 0.15) is 6.67 Å². The number of para-hydroxylation sites is 2. The van der Waals surface area contributed by atoms with E-state index in [-0.39, 0.29) is 0 Å². The molecule has 2 aliphatic rings. The Morgan fingerprint density at radius 2 is 0.805 bits per heavy atom. The van der Waals surface area contributed by atoms with E-state index in [0.717, 1.165) is 13.3 Å². The van der Waals surface area contributed by atoms with Gasteiger partial charge in [-0.2, -0.15) is 0 Å². The highest BCUT2D eigenvalue weighted by Crippen LogP contribution is 2.47. The molecule has 4 nitrogen and oxygen atoms in total. The van der Waals surface area contributed by atoms with Crippen LogP contribution in [0.2, 0.25) is 0 Å². The normalized spacial score (nSPS) is 15.0. The zero-order valence-electron chi connectivity index (χ0n) is 26.1.